The van der Waals surface area contributed by atoms with Crippen LogP contribution in [0.4, 0.5) is 0 Å². The highest BCUT2D eigenvalue weighted by molar-refractivity contribution is 7.59. The third kappa shape index (κ3) is 9.23. The van der Waals surface area contributed by atoms with Crippen LogP contribution in [0.15, 0.2) is 72.8 Å². The van der Waals surface area contributed by atoms with Crippen molar-refractivity contribution in [2.45, 2.75) is 0 Å². The maximum absolute atomic E-state index is 2.00. The molecule has 0 saturated heterocycles. The van der Waals surface area contributed by atoms with Crippen LogP contribution >= 0.6 is 27.0 Å². The van der Waals surface area contributed by atoms with Crippen LogP contribution in [0.25, 0.3) is 0 Å². The molecule has 0 aliphatic heterocycles. The van der Waals surface area contributed by atoms with Crippen LogP contribution in [0.2, 0.25) is 0 Å². The molecule has 2 rings (SSSR count). The third-order valence-corrected chi connectivity index (χ3v) is 1.33. The lowest BCUT2D eigenvalue weighted by Crippen LogP contribution is -1.47. The molecule has 2 aromatic rings. The Morgan fingerprint density at radius 2 is 0.286 bits per heavy atom. The molecule has 0 aliphatic rings. The molecule has 0 aromatic heterocycles. The first-order valence-corrected chi connectivity index (χ1v) is 4.00. The van der Waals surface area contributed by atoms with Gasteiger partial charge in [0.2, 0.25) is 0 Å². The van der Waals surface area contributed by atoms with Crippen molar-refractivity contribution in [3.63, 3.8) is 0 Å². The second-order valence-corrected chi connectivity index (χ2v) is 2.31. The molecule has 2 aromatic carbocycles. The first-order chi connectivity index (χ1) is 6.00. The monoisotopic (exact) mass is 224 g/mol. The van der Waals surface area contributed by atoms with E-state index >= 15 is 0 Å². The van der Waals surface area contributed by atoms with Crippen molar-refractivity contribution in [1.82, 2.24) is 0 Å². The van der Waals surface area contributed by atoms with Crippen molar-refractivity contribution in [3.05, 3.63) is 72.8 Å². The van der Waals surface area contributed by atoms with Crippen LogP contribution in [0, 0.1) is 0 Å². The summed E-state index contributed by atoms with van der Waals surface area (Å²) in [4.78, 5) is 0. The van der Waals surface area contributed by atoms with Crippen LogP contribution in [-0.4, -0.2) is 0 Å². The van der Waals surface area contributed by atoms with E-state index in [1.54, 1.807) is 0 Å². The van der Waals surface area contributed by atoms with Gasteiger partial charge in [-0.3, -0.25) is 0 Å². The zero-order valence-corrected chi connectivity index (χ0v) is 9.93. The average molecular weight is 224 g/mol. The predicted octanol–water partition coefficient (Wildman–Crippen LogP) is 3.60. The quantitative estimate of drug-likeness (QED) is 0.641. The van der Waals surface area contributed by atoms with Gasteiger partial charge in [-0.05, 0) is 0 Å². The molecule has 0 atom stereocenters. The summed E-state index contributed by atoms with van der Waals surface area (Å²) in [5, 5.41) is 0. The van der Waals surface area contributed by atoms with Crippen LogP contribution in [0.5, 0.6) is 0 Å². The highest BCUT2D eigenvalue weighted by Crippen LogP contribution is 1.80. The molecule has 0 saturated carbocycles. The van der Waals surface area contributed by atoms with Crippen LogP contribution < -0.4 is 0 Å². The minimum Gasteiger partial charge on any atom is -0.197 e. The molecular weight excluding hydrogens is 208 g/mol. The molecule has 0 bridgehead atoms. The van der Waals surface area contributed by atoms with E-state index in [4.69, 9.17) is 0 Å². The average Bonchev–Trinajstić information content (AvgIpc) is 2.24. The van der Waals surface area contributed by atoms with Crippen LogP contribution in [0.1, 0.15) is 0 Å². The van der Waals surface area contributed by atoms with Gasteiger partial charge in [0.15, 0.2) is 0 Å². The largest absolute Gasteiger partial charge is 0.197 e. The van der Waals surface area contributed by atoms with Gasteiger partial charge in [0.05, 0.1) is 0 Å². The number of hydrogen-bond donors (Lipinski definition) is 0. The van der Waals surface area contributed by atoms with E-state index in [0.29, 0.717) is 0 Å². The van der Waals surface area contributed by atoms with E-state index < -0.39 is 0 Å². The van der Waals surface area contributed by atoms with Gasteiger partial charge < -0.3 is 0 Å². The molecule has 2 heteroatoms. The van der Waals surface area contributed by atoms with Crippen molar-refractivity contribution in [3.8, 4) is 0 Å². The van der Waals surface area contributed by atoms with Crippen molar-refractivity contribution >= 4 is 27.0 Å². The van der Waals surface area contributed by atoms with E-state index in [1.807, 2.05) is 72.8 Å². The summed E-state index contributed by atoms with van der Waals surface area (Å²) >= 11 is 0. The number of rotatable bonds is 0. The van der Waals surface area contributed by atoms with Gasteiger partial charge in [0, 0.05) is 0 Å². The van der Waals surface area contributed by atoms with Gasteiger partial charge in [-0.15, -0.1) is 0 Å². The second kappa shape index (κ2) is 12.1. The maximum Gasteiger partial charge on any atom is -0.0623 e. The van der Waals surface area contributed by atoms with Crippen molar-refractivity contribution in [2.75, 3.05) is 0 Å². The Balaban J connectivity index is 0. The second-order valence-electron chi connectivity index (χ2n) is 2.31. The molecule has 14 heavy (non-hydrogen) atoms. The zero-order chi connectivity index (χ0) is 8.49. The highest BCUT2D eigenvalue weighted by Gasteiger charge is 1.58. The Morgan fingerprint density at radius 3 is 0.357 bits per heavy atom. The highest BCUT2D eigenvalue weighted by atomic mass is 32.1. The molecule has 76 valence electrons. The number of hydrogen-bond acceptors (Lipinski definition) is 0. The summed E-state index contributed by atoms with van der Waals surface area (Å²) in [6.07, 6.45) is 0. The fourth-order valence-corrected chi connectivity index (χ4v) is 0.770. The van der Waals surface area contributed by atoms with Gasteiger partial charge in [-0.1, -0.05) is 72.8 Å². The smallest absolute Gasteiger partial charge is 0.0623 e. The molecule has 0 spiro atoms. The molecule has 0 heterocycles. The van der Waals surface area contributed by atoms with E-state index in [1.165, 1.54) is 0 Å². The first-order valence-electron chi connectivity index (χ1n) is 4.00. The summed E-state index contributed by atoms with van der Waals surface area (Å²) in [6, 6.07) is 24.0. The topological polar surface area (TPSA) is 0 Å². The summed E-state index contributed by atoms with van der Waals surface area (Å²) in [6.45, 7) is 0. The van der Waals surface area contributed by atoms with Gasteiger partial charge in [0.1, 0.15) is 0 Å². The van der Waals surface area contributed by atoms with E-state index in [9.17, 15) is 0 Å². The SMILES string of the molecule is S.S.c1ccccc1.c1ccccc1. The van der Waals surface area contributed by atoms with Crippen LogP contribution in [0.3, 0.4) is 0 Å². The molecule has 0 radical (unpaired) electrons. The Hall–Kier alpha value is -0.860. The maximum atomic E-state index is 2.00. The Morgan fingerprint density at radius 1 is 0.214 bits per heavy atom. The van der Waals surface area contributed by atoms with Crippen molar-refractivity contribution in [1.29, 1.82) is 0 Å². The molecule has 0 nitrogen and oxygen atoms in total. The summed E-state index contributed by atoms with van der Waals surface area (Å²) in [5.41, 5.74) is 0. The van der Waals surface area contributed by atoms with Crippen molar-refractivity contribution in [2.24, 2.45) is 0 Å². The fraction of sp³-hybridized carbons (Fsp3) is 0. The molecule has 0 aliphatic carbocycles. The predicted molar refractivity (Wildman–Crippen MR) is 73.6 cm³/mol. The Bertz CT molecular complexity index is 184. The lowest BCUT2D eigenvalue weighted by Gasteiger charge is -1.69. The molecular formula is C12H16S2. The van der Waals surface area contributed by atoms with Gasteiger partial charge in [-0.2, -0.15) is 27.0 Å². The lowest BCUT2D eigenvalue weighted by atomic mass is 10.4. The lowest BCUT2D eigenvalue weighted by molar-refractivity contribution is 1.72. The van der Waals surface area contributed by atoms with E-state index in [-0.39, 0.29) is 27.0 Å². The minimum absolute atomic E-state index is 0. The van der Waals surface area contributed by atoms with E-state index in [2.05, 4.69) is 0 Å². The minimum atomic E-state index is 0. The van der Waals surface area contributed by atoms with E-state index in [0.717, 1.165) is 0 Å². The molecule has 0 fully saturated rings. The first kappa shape index (κ1) is 15.6. The molecule has 0 amide bonds. The standard InChI is InChI=1S/2C6H6.2H2S/c2*1-2-4-6-5-3-1;;/h2*1-6H;2*1H2. The zero-order valence-electron chi connectivity index (χ0n) is 7.93. The molecule has 0 unspecified atom stereocenters. The summed E-state index contributed by atoms with van der Waals surface area (Å²) in [7, 11) is 0. The normalized spacial score (nSPS) is 6.86. The van der Waals surface area contributed by atoms with Crippen LogP contribution in [-0.2, 0) is 0 Å². The fourth-order valence-electron chi connectivity index (χ4n) is 0.770. The Kier molecular flexibility index (Phi) is 13.5. The van der Waals surface area contributed by atoms with Gasteiger partial charge in [0.25, 0.3) is 0 Å². The third-order valence-electron chi connectivity index (χ3n) is 1.33. The summed E-state index contributed by atoms with van der Waals surface area (Å²) < 4.78 is 0. The van der Waals surface area contributed by atoms with Gasteiger partial charge >= 0.3 is 0 Å². The summed E-state index contributed by atoms with van der Waals surface area (Å²) in [5.74, 6) is 0. The number of benzene rings is 2. The molecule has 0 N–H and O–H groups in total. The van der Waals surface area contributed by atoms with Gasteiger partial charge in [-0.25, -0.2) is 0 Å². The van der Waals surface area contributed by atoms with Crippen molar-refractivity contribution < 1.29 is 0 Å². The Labute approximate surface area is 99.9 Å².